The minimum Gasteiger partial charge on any atom is -0.367 e. The number of rotatable bonds is 9. The quantitative estimate of drug-likeness (QED) is 0.718. The van der Waals surface area contributed by atoms with Gasteiger partial charge in [0.05, 0.1) is 11.5 Å². The molecule has 2 aromatic rings. The van der Waals surface area contributed by atoms with E-state index in [1.165, 1.54) is 12.1 Å². The number of benzene rings is 2. The first kappa shape index (κ1) is 19.1. The summed E-state index contributed by atoms with van der Waals surface area (Å²) in [6, 6.07) is 15.6. The Morgan fingerprint density at radius 2 is 1.72 bits per heavy atom. The second kappa shape index (κ2) is 9.31. The molecule has 25 heavy (non-hydrogen) atoms. The Bertz CT molecular complexity index is 774. The number of carbonyl (C=O) groups excluding carboxylic acids is 1. The highest BCUT2D eigenvalue weighted by atomic mass is 32.2. The molecule has 134 valence electrons. The fraction of sp³-hybridized carbons (Fsp3) is 0.278. The van der Waals surface area contributed by atoms with Gasteiger partial charge in [-0.25, -0.2) is 13.1 Å². The van der Waals surface area contributed by atoms with Crippen molar-refractivity contribution < 1.29 is 17.9 Å². The van der Waals surface area contributed by atoms with Crippen molar-refractivity contribution in [2.75, 3.05) is 18.5 Å². The normalized spacial score (nSPS) is 11.2. The summed E-state index contributed by atoms with van der Waals surface area (Å²) in [6.45, 7) is 2.56. The SMILES string of the molecule is CCCNS(=O)(=O)c1ccc(NC(=O)COCc2ccccc2)cc1. The lowest BCUT2D eigenvalue weighted by Gasteiger charge is -2.08. The number of hydrogen-bond donors (Lipinski definition) is 2. The number of ether oxygens (including phenoxy) is 1. The van der Waals surface area contributed by atoms with Crippen LogP contribution in [0.1, 0.15) is 18.9 Å². The zero-order chi connectivity index (χ0) is 18.1. The lowest BCUT2D eigenvalue weighted by Crippen LogP contribution is -2.24. The van der Waals surface area contributed by atoms with Crippen LogP contribution >= 0.6 is 0 Å². The summed E-state index contributed by atoms with van der Waals surface area (Å²) in [5.41, 5.74) is 1.51. The Morgan fingerprint density at radius 1 is 1.04 bits per heavy atom. The number of sulfonamides is 1. The molecule has 0 aliphatic rings. The van der Waals surface area contributed by atoms with Crippen molar-refractivity contribution in [3.05, 3.63) is 60.2 Å². The van der Waals surface area contributed by atoms with Crippen LogP contribution in [-0.4, -0.2) is 27.5 Å². The van der Waals surface area contributed by atoms with Gasteiger partial charge in [0.2, 0.25) is 15.9 Å². The molecular weight excluding hydrogens is 340 g/mol. The fourth-order valence-corrected chi connectivity index (χ4v) is 3.20. The molecule has 0 unspecified atom stereocenters. The van der Waals surface area contributed by atoms with Crippen LogP contribution in [0.25, 0.3) is 0 Å². The monoisotopic (exact) mass is 362 g/mol. The minimum atomic E-state index is -3.50. The number of carbonyl (C=O) groups is 1. The third kappa shape index (κ3) is 6.30. The van der Waals surface area contributed by atoms with Gasteiger partial charge in [0.15, 0.2) is 0 Å². The van der Waals surface area contributed by atoms with Gasteiger partial charge in [0.25, 0.3) is 0 Å². The zero-order valence-corrected chi connectivity index (χ0v) is 14.9. The first-order valence-corrected chi connectivity index (χ1v) is 9.51. The molecule has 0 heterocycles. The van der Waals surface area contributed by atoms with Gasteiger partial charge < -0.3 is 10.1 Å². The van der Waals surface area contributed by atoms with Crippen molar-refractivity contribution in [2.24, 2.45) is 0 Å². The molecule has 7 heteroatoms. The second-order valence-electron chi connectivity index (χ2n) is 5.45. The van der Waals surface area contributed by atoms with Crippen LogP contribution in [0, 0.1) is 0 Å². The largest absolute Gasteiger partial charge is 0.367 e. The van der Waals surface area contributed by atoms with E-state index in [2.05, 4.69) is 10.0 Å². The van der Waals surface area contributed by atoms with Crippen molar-refractivity contribution in [1.29, 1.82) is 0 Å². The molecule has 0 aliphatic heterocycles. The molecule has 1 amide bonds. The molecule has 0 aromatic heterocycles. The Labute approximate surface area is 148 Å². The van der Waals surface area contributed by atoms with Crippen molar-refractivity contribution in [3.63, 3.8) is 0 Å². The van der Waals surface area contributed by atoms with Gasteiger partial charge in [-0.3, -0.25) is 4.79 Å². The molecule has 2 N–H and O–H groups in total. The molecule has 0 bridgehead atoms. The second-order valence-corrected chi connectivity index (χ2v) is 7.22. The van der Waals surface area contributed by atoms with Gasteiger partial charge in [0.1, 0.15) is 6.61 Å². The Kier molecular flexibility index (Phi) is 7.12. The summed E-state index contributed by atoms with van der Waals surface area (Å²) >= 11 is 0. The van der Waals surface area contributed by atoms with Gasteiger partial charge in [-0.05, 0) is 36.2 Å². The molecule has 2 rings (SSSR count). The lowest BCUT2D eigenvalue weighted by molar-refractivity contribution is -0.121. The fourth-order valence-electron chi connectivity index (χ4n) is 2.07. The average Bonchev–Trinajstić information content (AvgIpc) is 2.61. The highest BCUT2D eigenvalue weighted by Gasteiger charge is 2.12. The van der Waals surface area contributed by atoms with E-state index in [-0.39, 0.29) is 17.4 Å². The van der Waals surface area contributed by atoms with Crippen LogP contribution in [0.3, 0.4) is 0 Å². The van der Waals surface area contributed by atoms with Crippen LogP contribution in [0.15, 0.2) is 59.5 Å². The van der Waals surface area contributed by atoms with E-state index in [4.69, 9.17) is 4.74 Å². The maximum atomic E-state index is 12.0. The highest BCUT2D eigenvalue weighted by molar-refractivity contribution is 7.89. The summed E-state index contributed by atoms with van der Waals surface area (Å²) in [5, 5.41) is 2.67. The van der Waals surface area contributed by atoms with Gasteiger partial charge in [-0.2, -0.15) is 0 Å². The predicted octanol–water partition coefficient (Wildman–Crippen LogP) is 2.53. The van der Waals surface area contributed by atoms with Gasteiger partial charge in [-0.1, -0.05) is 37.3 Å². The molecule has 0 saturated heterocycles. The van der Waals surface area contributed by atoms with Crippen LogP contribution < -0.4 is 10.0 Å². The molecule has 0 atom stereocenters. The van der Waals surface area contributed by atoms with Gasteiger partial charge in [-0.15, -0.1) is 0 Å². The number of anilines is 1. The third-order valence-electron chi connectivity index (χ3n) is 3.34. The van der Waals surface area contributed by atoms with E-state index < -0.39 is 10.0 Å². The Hall–Kier alpha value is -2.22. The molecule has 0 fully saturated rings. The van der Waals surface area contributed by atoms with E-state index in [1.54, 1.807) is 12.1 Å². The summed E-state index contributed by atoms with van der Waals surface area (Å²) in [7, 11) is -3.50. The van der Waals surface area contributed by atoms with Gasteiger partial charge in [0, 0.05) is 12.2 Å². The van der Waals surface area contributed by atoms with Gasteiger partial charge >= 0.3 is 0 Å². The van der Waals surface area contributed by atoms with Crippen molar-refractivity contribution >= 4 is 21.6 Å². The van der Waals surface area contributed by atoms with E-state index in [9.17, 15) is 13.2 Å². The summed E-state index contributed by atoms with van der Waals surface area (Å²) in [5.74, 6) is -0.296. The van der Waals surface area contributed by atoms with E-state index in [0.29, 0.717) is 18.8 Å². The zero-order valence-electron chi connectivity index (χ0n) is 14.1. The van der Waals surface area contributed by atoms with E-state index in [0.717, 1.165) is 12.0 Å². The van der Waals surface area contributed by atoms with E-state index in [1.807, 2.05) is 37.3 Å². The highest BCUT2D eigenvalue weighted by Crippen LogP contribution is 2.14. The minimum absolute atomic E-state index is 0.0764. The molecule has 0 radical (unpaired) electrons. The van der Waals surface area contributed by atoms with Crippen LogP contribution in [-0.2, 0) is 26.2 Å². The lowest BCUT2D eigenvalue weighted by atomic mass is 10.2. The molecule has 6 nitrogen and oxygen atoms in total. The molecule has 0 aliphatic carbocycles. The standard InChI is InChI=1S/C18H22N2O4S/c1-2-12-19-25(22,23)17-10-8-16(9-11-17)20-18(21)14-24-13-15-6-4-3-5-7-15/h3-11,19H,2,12-14H2,1H3,(H,20,21). The smallest absolute Gasteiger partial charge is 0.250 e. The molecule has 2 aromatic carbocycles. The molecular formula is C18H22N2O4S. The van der Waals surface area contributed by atoms with Crippen LogP contribution in [0.4, 0.5) is 5.69 Å². The number of hydrogen-bond acceptors (Lipinski definition) is 4. The van der Waals surface area contributed by atoms with Crippen LogP contribution in [0.2, 0.25) is 0 Å². The van der Waals surface area contributed by atoms with Crippen LogP contribution in [0.5, 0.6) is 0 Å². The maximum absolute atomic E-state index is 12.0. The summed E-state index contributed by atoms with van der Waals surface area (Å²) < 4.78 is 31.8. The third-order valence-corrected chi connectivity index (χ3v) is 4.81. The summed E-state index contributed by atoms with van der Waals surface area (Å²) in [4.78, 5) is 12.0. The van der Waals surface area contributed by atoms with Crippen molar-refractivity contribution in [1.82, 2.24) is 4.72 Å². The Morgan fingerprint density at radius 3 is 2.36 bits per heavy atom. The Balaban J connectivity index is 1.83. The average molecular weight is 362 g/mol. The van der Waals surface area contributed by atoms with E-state index >= 15 is 0 Å². The predicted molar refractivity (Wildman–Crippen MR) is 96.6 cm³/mol. The maximum Gasteiger partial charge on any atom is 0.250 e. The molecule has 0 saturated carbocycles. The molecule has 0 spiro atoms. The van der Waals surface area contributed by atoms with Crippen molar-refractivity contribution in [2.45, 2.75) is 24.8 Å². The first-order chi connectivity index (χ1) is 12.0. The topological polar surface area (TPSA) is 84.5 Å². The number of nitrogens with one attached hydrogen (secondary N) is 2. The first-order valence-electron chi connectivity index (χ1n) is 8.02. The number of amides is 1. The summed E-state index contributed by atoms with van der Waals surface area (Å²) in [6.07, 6.45) is 0.719. The van der Waals surface area contributed by atoms with Crippen molar-refractivity contribution in [3.8, 4) is 0 Å².